The van der Waals surface area contributed by atoms with E-state index in [9.17, 15) is 0 Å². The van der Waals surface area contributed by atoms with Gasteiger partial charge in [-0.05, 0) is 51.8 Å². The molecule has 100 valence electrons. The quantitative estimate of drug-likeness (QED) is 0.882. The van der Waals surface area contributed by atoms with Crippen molar-refractivity contribution in [2.75, 3.05) is 20.1 Å². The highest BCUT2D eigenvalue weighted by Gasteiger charge is 2.28. The number of aryl methyl sites for hydroxylation is 2. The minimum absolute atomic E-state index is 0.345. The van der Waals surface area contributed by atoms with Gasteiger partial charge in [0.2, 0.25) is 0 Å². The van der Waals surface area contributed by atoms with Gasteiger partial charge >= 0.3 is 0 Å². The summed E-state index contributed by atoms with van der Waals surface area (Å²) < 4.78 is 0. The van der Waals surface area contributed by atoms with Crippen LogP contribution >= 0.6 is 0 Å². The van der Waals surface area contributed by atoms with Crippen molar-refractivity contribution in [3.8, 4) is 0 Å². The second-order valence-electron chi connectivity index (χ2n) is 6.02. The van der Waals surface area contributed by atoms with Crippen molar-refractivity contribution in [2.45, 2.75) is 45.7 Å². The molecule has 0 aromatic heterocycles. The molecule has 0 atom stereocenters. The first-order chi connectivity index (χ1) is 8.52. The lowest BCUT2D eigenvalue weighted by Gasteiger charge is -2.39. The maximum atomic E-state index is 3.46. The summed E-state index contributed by atoms with van der Waals surface area (Å²) in [4.78, 5) is 2.58. The third-order valence-electron chi connectivity index (χ3n) is 4.46. The molecule has 0 radical (unpaired) electrons. The Hall–Kier alpha value is -0.860. The lowest BCUT2D eigenvalue weighted by Crippen LogP contribution is -2.49. The predicted octanol–water partition coefficient (Wildman–Crippen LogP) is 2.88. The summed E-state index contributed by atoms with van der Waals surface area (Å²) in [7, 11) is 2.08. The average Bonchev–Trinajstić information content (AvgIpc) is 2.37. The van der Waals surface area contributed by atoms with Gasteiger partial charge in [0.15, 0.2) is 0 Å². The number of hydrogen-bond acceptors (Lipinski definition) is 2. The molecule has 2 heteroatoms. The minimum atomic E-state index is 0.345. The average molecular weight is 246 g/mol. The molecule has 1 saturated heterocycles. The normalized spacial score (nSPS) is 20.0. The summed E-state index contributed by atoms with van der Waals surface area (Å²) in [5.74, 6) is 0. The number of piperidine rings is 1. The summed E-state index contributed by atoms with van der Waals surface area (Å²) in [6, 6.07) is 6.78. The monoisotopic (exact) mass is 246 g/mol. The molecule has 0 bridgehead atoms. The number of benzene rings is 1. The molecule has 0 saturated carbocycles. The Morgan fingerprint density at radius 2 is 1.89 bits per heavy atom. The van der Waals surface area contributed by atoms with Gasteiger partial charge in [-0.15, -0.1) is 0 Å². The van der Waals surface area contributed by atoms with Crippen LogP contribution in [0.3, 0.4) is 0 Å². The van der Waals surface area contributed by atoms with Crippen LogP contribution in [-0.2, 0) is 6.54 Å². The van der Waals surface area contributed by atoms with Crippen LogP contribution in [0.15, 0.2) is 18.2 Å². The maximum Gasteiger partial charge on any atom is 0.0236 e. The Labute approximate surface area is 111 Å². The lowest BCUT2D eigenvalue weighted by atomic mass is 9.89. The Morgan fingerprint density at radius 1 is 1.22 bits per heavy atom. The number of nitrogens with one attached hydrogen (secondary N) is 1. The van der Waals surface area contributed by atoms with Gasteiger partial charge in [-0.1, -0.05) is 23.8 Å². The van der Waals surface area contributed by atoms with E-state index in [1.807, 2.05) is 0 Å². The molecule has 1 heterocycles. The van der Waals surface area contributed by atoms with Crippen LogP contribution in [0.4, 0.5) is 0 Å². The van der Waals surface area contributed by atoms with Gasteiger partial charge in [0.1, 0.15) is 0 Å². The lowest BCUT2D eigenvalue weighted by molar-refractivity contribution is 0.146. The van der Waals surface area contributed by atoms with Gasteiger partial charge in [0.05, 0.1) is 0 Å². The molecule has 1 aliphatic rings. The van der Waals surface area contributed by atoms with E-state index in [1.165, 1.54) is 42.6 Å². The fraction of sp³-hybridized carbons (Fsp3) is 0.625. The first-order valence-electron chi connectivity index (χ1n) is 7.00. The Morgan fingerprint density at radius 3 is 2.50 bits per heavy atom. The third kappa shape index (κ3) is 3.12. The van der Waals surface area contributed by atoms with E-state index >= 15 is 0 Å². The molecule has 1 aliphatic heterocycles. The van der Waals surface area contributed by atoms with E-state index in [-0.39, 0.29) is 0 Å². The summed E-state index contributed by atoms with van der Waals surface area (Å²) in [6.07, 6.45) is 2.49. The van der Waals surface area contributed by atoms with E-state index in [0.29, 0.717) is 5.54 Å². The zero-order valence-electron chi connectivity index (χ0n) is 12.2. The molecule has 0 spiro atoms. The largest absolute Gasteiger partial charge is 0.314 e. The highest BCUT2D eigenvalue weighted by Crippen LogP contribution is 2.23. The van der Waals surface area contributed by atoms with Crippen molar-refractivity contribution < 1.29 is 0 Å². The number of likely N-dealkylation sites (tertiary alicyclic amines) is 1. The molecule has 0 amide bonds. The smallest absolute Gasteiger partial charge is 0.0236 e. The van der Waals surface area contributed by atoms with Crippen LogP contribution in [0.5, 0.6) is 0 Å². The molecule has 1 aromatic carbocycles. The topological polar surface area (TPSA) is 15.3 Å². The molecular formula is C16H26N2. The molecule has 1 fully saturated rings. The Bertz CT molecular complexity index is 404. The summed E-state index contributed by atoms with van der Waals surface area (Å²) in [6.45, 7) is 10.2. The highest BCUT2D eigenvalue weighted by molar-refractivity contribution is 5.30. The Balaban J connectivity index is 1.97. The van der Waals surface area contributed by atoms with Crippen molar-refractivity contribution in [1.29, 1.82) is 0 Å². The first-order valence-corrected chi connectivity index (χ1v) is 7.00. The van der Waals surface area contributed by atoms with Gasteiger partial charge in [-0.3, -0.25) is 4.90 Å². The van der Waals surface area contributed by atoms with Crippen LogP contribution in [-0.4, -0.2) is 30.6 Å². The summed E-state index contributed by atoms with van der Waals surface area (Å²) in [5, 5.41) is 3.46. The van der Waals surface area contributed by atoms with Gasteiger partial charge in [0, 0.05) is 25.2 Å². The van der Waals surface area contributed by atoms with Crippen LogP contribution < -0.4 is 5.32 Å². The molecular weight excluding hydrogens is 220 g/mol. The fourth-order valence-corrected chi connectivity index (χ4v) is 2.67. The molecule has 1 N–H and O–H groups in total. The minimum Gasteiger partial charge on any atom is -0.314 e. The molecule has 2 rings (SSSR count). The van der Waals surface area contributed by atoms with E-state index in [0.717, 1.165) is 6.54 Å². The van der Waals surface area contributed by atoms with Crippen LogP contribution in [0.2, 0.25) is 0 Å². The zero-order valence-corrected chi connectivity index (χ0v) is 12.2. The van der Waals surface area contributed by atoms with Crippen LogP contribution in [0, 0.1) is 13.8 Å². The van der Waals surface area contributed by atoms with Gasteiger partial charge in [-0.25, -0.2) is 0 Å². The predicted molar refractivity (Wildman–Crippen MR) is 77.9 cm³/mol. The van der Waals surface area contributed by atoms with Crippen molar-refractivity contribution >= 4 is 0 Å². The highest BCUT2D eigenvalue weighted by atomic mass is 15.1. The molecule has 18 heavy (non-hydrogen) atoms. The maximum absolute atomic E-state index is 3.46. The Kier molecular flexibility index (Phi) is 4.08. The first kappa shape index (κ1) is 13.6. The van der Waals surface area contributed by atoms with Crippen molar-refractivity contribution in [1.82, 2.24) is 10.2 Å². The van der Waals surface area contributed by atoms with Crippen LogP contribution in [0.1, 0.15) is 36.5 Å². The van der Waals surface area contributed by atoms with Crippen LogP contribution in [0.25, 0.3) is 0 Å². The van der Waals surface area contributed by atoms with Crippen molar-refractivity contribution in [2.24, 2.45) is 0 Å². The number of rotatable bonds is 3. The van der Waals surface area contributed by atoms with E-state index < -0.39 is 0 Å². The second kappa shape index (κ2) is 5.41. The summed E-state index contributed by atoms with van der Waals surface area (Å²) >= 11 is 0. The van der Waals surface area contributed by atoms with Gasteiger partial charge < -0.3 is 5.32 Å². The number of hydrogen-bond donors (Lipinski definition) is 1. The van der Waals surface area contributed by atoms with E-state index in [1.54, 1.807) is 0 Å². The van der Waals surface area contributed by atoms with E-state index in [4.69, 9.17) is 0 Å². The molecule has 1 aromatic rings. The van der Waals surface area contributed by atoms with Crippen molar-refractivity contribution in [3.05, 3.63) is 34.9 Å². The standard InChI is InChI=1S/C16H26N2/c1-13-5-6-14(2)15(11-13)12-18-9-7-16(3,17-4)8-10-18/h5-6,11,17H,7-10,12H2,1-4H3. The molecule has 2 nitrogen and oxygen atoms in total. The summed E-state index contributed by atoms with van der Waals surface area (Å²) in [5.41, 5.74) is 4.62. The zero-order chi connectivity index (χ0) is 13.2. The second-order valence-corrected chi connectivity index (χ2v) is 6.02. The van der Waals surface area contributed by atoms with Crippen molar-refractivity contribution in [3.63, 3.8) is 0 Å². The SMILES string of the molecule is CNC1(C)CCN(Cc2cc(C)ccc2C)CC1. The molecule has 0 unspecified atom stereocenters. The molecule has 0 aliphatic carbocycles. The van der Waals surface area contributed by atoms with E-state index in [2.05, 4.69) is 56.2 Å². The third-order valence-corrected chi connectivity index (χ3v) is 4.46. The van der Waals surface area contributed by atoms with Gasteiger partial charge in [0.25, 0.3) is 0 Å². The fourth-order valence-electron chi connectivity index (χ4n) is 2.67. The number of nitrogens with zero attached hydrogens (tertiary/aromatic N) is 1. The van der Waals surface area contributed by atoms with Gasteiger partial charge in [-0.2, -0.15) is 0 Å².